The van der Waals surface area contributed by atoms with Crippen molar-refractivity contribution in [2.75, 3.05) is 18.9 Å². The molecule has 2 aromatic heterocycles. The van der Waals surface area contributed by atoms with Gasteiger partial charge in [0.25, 0.3) is 0 Å². The molecule has 6 heteroatoms. The molecular weight excluding hydrogens is 312 g/mol. The van der Waals surface area contributed by atoms with E-state index < -0.39 is 0 Å². The molecule has 2 atom stereocenters. The van der Waals surface area contributed by atoms with Crippen molar-refractivity contribution in [3.05, 3.63) is 54.1 Å². The van der Waals surface area contributed by atoms with Crippen LogP contribution in [0.25, 0.3) is 5.65 Å². The van der Waals surface area contributed by atoms with Crippen LogP contribution in [0.3, 0.4) is 0 Å². The highest BCUT2D eigenvalue weighted by atomic mass is 15.3. The number of nitrogens with one attached hydrogen (secondary N) is 1. The highest BCUT2D eigenvalue weighted by molar-refractivity contribution is 5.63. The minimum Gasteiger partial charge on any atom is -0.362 e. The SMILES string of the molecule is CN1CC[C@@H](Nc2nccn3c(C4CC4)nnc23)[C@@H]1c1ccccc1. The third kappa shape index (κ3) is 2.57. The van der Waals surface area contributed by atoms with E-state index in [0.29, 0.717) is 18.0 Å². The van der Waals surface area contributed by atoms with Crippen LogP contribution < -0.4 is 5.32 Å². The van der Waals surface area contributed by atoms with Crippen molar-refractivity contribution in [1.29, 1.82) is 0 Å². The van der Waals surface area contributed by atoms with Gasteiger partial charge < -0.3 is 5.32 Å². The lowest BCUT2D eigenvalue weighted by Crippen LogP contribution is -2.29. The zero-order valence-electron chi connectivity index (χ0n) is 14.3. The van der Waals surface area contributed by atoms with Gasteiger partial charge in [-0.3, -0.25) is 9.30 Å². The van der Waals surface area contributed by atoms with E-state index in [9.17, 15) is 0 Å². The van der Waals surface area contributed by atoms with Gasteiger partial charge in [0.15, 0.2) is 5.82 Å². The smallest absolute Gasteiger partial charge is 0.203 e. The maximum absolute atomic E-state index is 4.56. The Morgan fingerprint density at radius 1 is 1.08 bits per heavy atom. The van der Waals surface area contributed by atoms with E-state index in [0.717, 1.165) is 30.3 Å². The molecule has 0 spiro atoms. The summed E-state index contributed by atoms with van der Waals surface area (Å²) in [6.45, 7) is 1.07. The molecule has 3 heterocycles. The Hall–Kier alpha value is -2.47. The largest absolute Gasteiger partial charge is 0.362 e. The lowest BCUT2D eigenvalue weighted by molar-refractivity contribution is 0.309. The Morgan fingerprint density at radius 3 is 2.72 bits per heavy atom. The van der Waals surface area contributed by atoms with Crippen LogP contribution in [0, 0.1) is 0 Å². The number of hydrogen-bond donors (Lipinski definition) is 1. The fourth-order valence-electron chi connectivity index (χ4n) is 3.98. The molecule has 0 amide bonds. The number of nitrogens with zero attached hydrogens (tertiary/aromatic N) is 5. The normalized spacial score (nSPS) is 24.0. The van der Waals surface area contributed by atoms with Gasteiger partial charge >= 0.3 is 0 Å². The molecule has 0 bridgehead atoms. The molecule has 0 radical (unpaired) electrons. The third-order valence-corrected chi connectivity index (χ3v) is 5.41. The molecule has 1 aliphatic carbocycles. The summed E-state index contributed by atoms with van der Waals surface area (Å²) < 4.78 is 2.10. The summed E-state index contributed by atoms with van der Waals surface area (Å²) in [5, 5.41) is 12.5. The first-order valence-corrected chi connectivity index (χ1v) is 9.02. The molecule has 25 heavy (non-hydrogen) atoms. The van der Waals surface area contributed by atoms with Crippen molar-refractivity contribution in [3.8, 4) is 0 Å². The van der Waals surface area contributed by atoms with E-state index >= 15 is 0 Å². The number of hydrogen-bond acceptors (Lipinski definition) is 5. The number of rotatable bonds is 4. The van der Waals surface area contributed by atoms with Gasteiger partial charge in [0.2, 0.25) is 5.65 Å². The molecule has 1 aliphatic heterocycles. The van der Waals surface area contributed by atoms with Gasteiger partial charge in [0, 0.05) is 30.9 Å². The average molecular weight is 334 g/mol. The van der Waals surface area contributed by atoms with Crippen LogP contribution in [0.1, 0.15) is 42.6 Å². The van der Waals surface area contributed by atoms with Crippen LogP contribution in [0.4, 0.5) is 5.82 Å². The van der Waals surface area contributed by atoms with Crippen LogP contribution in [-0.4, -0.2) is 44.1 Å². The van der Waals surface area contributed by atoms with E-state index in [1.807, 2.05) is 12.4 Å². The van der Waals surface area contributed by atoms with Crippen LogP contribution in [0.5, 0.6) is 0 Å². The number of likely N-dealkylation sites (tertiary alicyclic amines) is 1. The van der Waals surface area contributed by atoms with Crippen molar-refractivity contribution in [3.63, 3.8) is 0 Å². The molecule has 1 N–H and O–H groups in total. The fourth-order valence-corrected chi connectivity index (χ4v) is 3.98. The van der Waals surface area contributed by atoms with Gasteiger partial charge in [-0.2, -0.15) is 0 Å². The number of anilines is 1. The Bertz CT molecular complexity index is 885. The molecule has 1 aromatic carbocycles. The van der Waals surface area contributed by atoms with E-state index in [-0.39, 0.29) is 0 Å². The first-order valence-electron chi connectivity index (χ1n) is 9.02. The summed E-state index contributed by atoms with van der Waals surface area (Å²) in [4.78, 5) is 6.97. The summed E-state index contributed by atoms with van der Waals surface area (Å²) in [6.07, 6.45) is 7.34. The Labute approximate surface area is 146 Å². The van der Waals surface area contributed by atoms with Crippen molar-refractivity contribution >= 4 is 11.5 Å². The average Bonchev–Trinajstić information content (AvgIpc) is 3.29. The van der Waals surface area contributed by atoms with Gasteiger partial charge in [0.05, 0.1) is 6.04 Å². The van der Waals surface area contributed by atoms with Crippen molar-refractivity contribution < 1.29 is 0 Å². The number of fused-ring (bicyclic) bond motifs is 1. The fraction of sp³-hybridized carbons (Fsp3) is 0.421. The molecular formula is C19H22N6. The minimum atomic E-state index is 0.312. The monoisotopic (exact) mass is 334 g/mol. The Morgan fingerprint density at radius 2 is 1.92 bits per heavy atom. The van der Waals surface area contributed by atoms with Crippen molar-refractivity contribution in [2.45, 2.75) is 37.3 Å². The molecule has 3 aromatic rings. The summed E-state index contributed by atoms with van der Waals surface area (Å²) in [5.41, 5.74) is 2.18. The number of benzene rings is 1. The summed E-state index contributed by atoms with van der Waals surface area (Å²) in [6, 6.07) is 11.4. The van der Waals surface area contributed by atoms with Gasteiger partial charge in [-0.25, -0.2) is 4.98 Å². The highest BCUT2D eigenvalue weighted by Crippen LogP contribution is 2.39. The van der Waals surface area contributed by atoms with Gasteiger partial charge in [0.1, 0.15) is 5.82 Å². The lowest BCUT2D eigenvalue weighted by Gasteiger charge is -2.26. The molecule has 1 saturated heterocycles. The van der Waals surface area contributed by atoms with Gasteiger partial charge in [-0.1, -0.05) is 30.3 Å². The molecule has 5 rings (SSSR count). The molecule has 6 nitrogen and oxygen atoms in total. The number of likely N-dealkylation sites (N-methyl/N-ethyl adjacent to an activating group) is 1. The van der Waals surface area contributed by atoms with Crippen molar-refractivity contribution in [1.82, 2.24) is 24.5 Å². The van der Waals surface area contributed by atoms with Crippen LogP contribution in [0.15, 0.2) is 42.7 Å². The first kappa shape index (κ1) is 14.8. The quantitative estimate of drug-likeness (QED) is 0.795. The second kappa shape index (κ2) is 5.81. The zero-order chi connectivity index (χ0) is 16.8. The van der Waals surface area contributed by atoms with E-state index in [1.165, 1.54) is 18.4 Å². The Balaban J connectivity index is 1.47. The second-order valence-corrected chi connectivity index (χ2v) is 7.18. The van der Waals surface area contributed by atoms with Crippen LogP contribution in [-0.2, 0) is 0 Å². The van der Waals surface area contributed by atoms with E-state index in [2.05, 4.69) is 67.2 Å². The Kier molecular flexibility index (Phi) is 3.45. The maximum atomic E-state index is 4.56. The zero-order valence-corrected chi connectivity index (χ0v) is 14.3. The second-order valence-electron chi connectivity index (χ2n) is 7.18. The van der Waals surface area contributed by atoms with Crippen LogP contribution in [0.2, 0.25) is 0 Å². The van der Waals surface area contributed by atoms with Gasteiger partial charge in [-0.15, -0.1) is 10.2 Å². The summed E-state index contributed by atoms with van der Waals surface area (Å²) in [7, 11) is 2.19. The lowest BCUT2D eigenvalue weighted by atomic mass is 10.0. The van der Waals surface area contributed by atoms with E-state index in [4.69, 9.17) is 0 Å². The van der Waals surface area contributed by atoms with Crippen LogP contribution >= 0.6 is 0 Å². The van der Waals surface area contributed by atoms with E-state index in [1.54, 1.807) is 0 Å². The predicted molar refractivity (Wildman–Crippen MR) is 96.6 cm³/mol. The first-order chi connectivity index (χ1) is 12.3. The molecule has 2 aliphatic rings. The standard InChI is InChI=1S/C19H22N6/c1-24-11-9-15(16(24)13-5-3-2-4-6-13)21-17-19-23-22-18(14-7-8-14)25(19)12-10-20-17/h2-6,10,12,14-16H,7-9,11H2,1H3,(H,20,21)/t15-,16+/m1/s1. The minimum absolute atomic E-state index is 0.312. The third-order valence-electron chi connectivity index (χ3n) is 5.41. The molecule has 0 unspecified atom stereocenters. The molecule has 128 valence electrons. The predicted octanol–water partition coefficient (Wildman–Crippen LogP) is 2.86. The maximum Gasteiger partial charge on any atom is 0.203 e. The summed E-state index contributed by atoms with van der Waals surface area (Å²) in [5.74, 6) is 2.48. The molecule has 1 saturated carbocycles. The number of aromatic nitrogens is 4. The topological polar surface area (TPSA) is 58.4 Å². The van der Waals surface area contributed by atoms with Crippen molar-refractivity contribution in [2.24, 2.45) is 0 Å². The molecule has 2 fully saturated rings. The van der Waals surface area contributed by atoms with Gasteiger partial charge in [-0.05, 0) is 31.9 Å². The summed E-state index contributed by atoms with van der Waals surface area (Å²) >= 11 is 0. The highest BCUT2D eigenvalue weighted by Gasteiger charge is 2.34.